The normalized spacial score (nSPS) is 10.9. The molecule has 0 radical (unpaired) electrons. The van der Waals surface area contributed by atoms with Gasteiger partial charge in [0.15, 0.2) is 0 Å². The van der Waals surface area contributed by atoms with Crippen molar-refractivity contribution < 1.29 is 81.2 Å². The van der Waals surface area contributed by atoms with E-state index in [-0.39, 0.29) is 165 Å². The van der Waals surface area contributed by atoms with E-state index in [1.54, 1.807) is 72.8 Å². The first-order valence-electron chi connectivity index (χ1n) is 30.0. The number of ketones is 1. The van der Waals surface area contributed by atoms with Crippen molar-refractivity contribution in [1.82, 2.24) is 37.2 Å². The molecule has 0 saturated heterocycles. The van der Waals surface area contributed by atoms with Gasteiger partial charge in [-0.2, -0.15) is 0 Å². The third kappa shape index (κ3) is 36.3. The summed E-state index contributed by atoms with van der Waals surface area (Å²) in [5.41, 5.74) is 15.5. The molecule has 3 rings (SSSR count). The van der Waals surface area contributed by atoms with Crippen LogP contribution in [0.15, 0.2) is 72.8 Å². The zero-order valence-corrected chi connectivity index (χ0v) is 51.0. The molecule has 0 aliphatic carbocycles. The van der Waals surface area contributed by atoms with Gasteiger partial charge < -0.3 is 87.6 Å². The van der Waals surface area contributed by atoms with Gasteiger partial charge in [-0.3, -0.25) is 47.9 Å². The van der Waals surface area contributed by atoms with Gasteiger partial charge in [0.25, 0.3) is 0 Å². The Bertz CT molecular complexity index is 2570. The number of hydrogen-bond acceptors (Lipinski definition) is 17. The SMILES string of the molecule is CC(=O)CCCC(=O)NC(COCCC(=O)NCCCNC(=O)CCCCOc1ccc(C(N)=O)cc1)(COCCC(=O)NCCCNC(=O)CCCOc1ccc(C(N)=O)cc1)COCCC(=O)NCCCNC(=O)CCCOc1ccc(C(N)=O)cc1. The molecule has 490 valence electrons. The average Bonchev–Trinajstić information content (AvgIpc) is 3.70. The van der Waals surface area contributed by atoms with E-state index in [9.17, 15) is 52.7 Å². The van der Waals surface area contributed by atoms with Crippen molar-refractivity contribution >= 4 is 64.9 Å². The third-order valence-corrected chi connectivity index (χ3v) is 13.0. The van der Waals surface area contributed by atoms with Crippen molar-refractivity contribution in [3.8, 4) is 17.2 Å². The van der Waals surface area contributed by atoms with Gasteiger partial charge in [-0.1, -0.05) is 0 Å². The Morgan fingerprint density at radius 1 is 0.326 bits per heavy atom. The van der Waals surface area contributed by atoms with Crippen molar-refractivity contribution in [2.45, 2.75) is 115 Å². The van der Waals surface area contributed by atoms with E-state index in [1.165, 1.54) is 6.92 Å². The predicted molar refractivity (Wildman–Crippen MR) is 327 cm³/mol. The maximum absolute atomic E-state index is 13.4. The Morgan fingerprint density at radius 3 is 0.910 bits per heavy atom. The van der Waals surface area contributed by atoms with Crippen LogP contribution < -0.4 is 68.6 Å². The highest BCUT2D eigenvalue weighted by molar-refractivity contribution is 5.94. The van der Waals surface area contributed by atoms with Gasteiger partial charge in [-0.05, 0) is 131 Å². The first kappa shape index (κ1) is 74.6. The van der Waals surface area contributed by atoms with Crippen LogP contribution in [0.2, 0.25) is 0 Å². The number of carbonyl (C=O) groups is 11. The zero-order valence-electron chi connectivity index (χ0n) is 51.0. The largest absolute Gasteiger partial charge is 0.494 e. The Kier molecular flexibility index (Phi) is 37.4. The topological polar surface area (TPSA) is 405 Å². The monoisotopic (exact) mass is 1250 g/mol. The molecule has 0 fully saturated rings. The Balaban J connectivity index is 1.45. The molecule has 3 aromatic rings. The number of hydrogen-bond donors (Lipinski definition) is 10. The van der Waals surface area contributed by atoms with Crippen LogP contribution in [0.3, 0.4) is 0 Å². The fourth-order valence-electron chi connectivity index (χ4n) is 8.12. The molecular formula is C62H90N10O17. The number of Topliss-reactive ketones (excluding diaryl/α,β-unsaturated/α-hetero) is 1. The minimum Gasteiger partial charge on any atom is -0.494 e. The van der Waals surface area contributed by atoms with E-state index in [0.29, 0.717) is 112 Å². The number of carbonyl (C=O) groups excluding carboxylic acids is 11. The summed E-state index contributed by atoms with van der Waals surface area (Å²) >= 11 is 0. The number of amides is 10. The minimum atomic E-state index is -1.38. The number of rotatable bonds is 51. The predicted octanol–water partition coefficient (Wildman–Crippen LogP) is 1.95. The molecule has 3 aromatic carbocycles. The van der Waals surface area contributed by atoms with Crippen molar-refractivity contribution in [2.24, 2.45) is 17.2 Å². The minimum absolute atomic E-state index is 0.0176. The number of primary amides is 3. The summed E-state index contributed by atoms with van der Waals surface area (Å²) in [6.45, 7) is 3.32. The molecule has 10 amide bonds. The van der Waals surface area contributed by atoms with Crippen LogP contribution in [0.25, 0.3) is 0 Å². The smallest absolute Gasteiger partial charge is 0.248 e. The fraction of sp³-hybridized carbons (Fsp3) is 0.532. The molecule has 0 aliphatic rings. The molecular weight excluding hydrogens is 1160 g/mol. The standard InChI is InChI=1S/C62H90N10O17/c1-45(73)10-4-12-58(80)72-62(43-85-40-28-56(78)70-34-8-31-67-53(75)13-5-37-88-50-23-17-47(18-24-50)60(64)82,44-86-41-29-57(79)71-35-9-32-68-54(76)14-6-38-89-51-25-19-48(20-26-51)61(65)83)42-84-39-27-55(77)69-33-7-30-66-52(74)11-2-3-36-87-49-21-15-46(16-22-49)59(63)81/h15-26H,2-14,27-44H2,1H3,(H2,63,81)(H2,64,82)(H2,65,83)(H,66,74)(H,67,75)(H,68,76)(H,69,77)(H,70,78)(H,71,79)(H,72,80). The van der Waals surface area contributed by atoms with Gasteiger partial charge in [0.05, 0.1) is 59.5 Å². The maximum atomic E-state index is 13.4. The summed E-state index contributed by atoms with van der Waals surface area (Å²) in [7, 11) is 0. The Labute approximate surface area is 519 Å². The van der Waals surface area contributed by atoms with E-state index in [4.69, 9.17) is 45.6 Å². The Morgan fingerprint density at radius 2 is 0.607 bits per heavy atom. The summed E-state index contributed by atoms with van der Waals surface area (Å²) in [5.74, 6) is -1.94. The molecule has 0 spiro atoms. The van der Waals surface area contributed by atoms with E-state index in [2.05, 4.69) is 37.2 Å². The molecule has 27 nitrogen and oxygen atoms in total. The number of benzene rings is 3. The van der Waals surface area contributed by atoms with Gasteiger partial charge >= 0.3 is 0 Å². The van der Waals surface area contributed by atoms with Crippen LogP contribution in [-0.4, -0.2) is 169 Å². The number of nitrogens with two attached hydrogens (primary N) is 3. The molecule has 89 heavy (non-hydrogen) atoms. The summed E-state index contributed by atoms with van der Waals surface area (Å²) in [4.78, 5) is 134. The second-order valence-corrected chi connectivity index (χ2v) is 20.8. The van der Waals surface area contributed by atoms with Crippen molar-refractivity contribution in [3.05, 3.63) is 89.5 Å². The highest BCUT2D eigenvalue weighted by Gasteiger charge is 2.34. The highest BCUT2D eigenvalue weighted by atomic mass is 16.5. The van der Waals surface area contributed by atoms with Gasteiger partial charge in [0.1, 0.15) is 28.6 Å². The van der Waals surface area contributed by atoms with Crippen molar-refractivity contribution in [1.29, 1.82) is 0 Å². The van der Waals surface area contributed by atoms with Crippen molar-refractivity contribution in [2.75, 3.05) is 98.7 Å². The van der Waals surface area contributed by atoms with E-state index < -0.39 is 29.2 Å². The first-order valence-corrected chi connectivity index (χ1v) is 30.0. The summed E-state index contributed by atoms with van der Waals surface area (Å²) in [6.07, 6.45) is 4.51. The zero-order chi connectivity index (χ0) is 64.9. The molecule has 27 heteroatoms. The molecule has 0 aliphatic heterocycles. The molecule has 0 aromatic heterocycles. The molecule has 13 N–H and O–H groups in total. The summed E-state index contributed by atoms with van der Waals surface area (Å²) < 4.78 is 34.8. The lowest BCUT2D eigenvalue weighted by Crippen LogP contribution is -2.58. The number of ether oxygens (including phenoxy) is 6. The summed E-state index contributed by atoms with van der Waals surface area (Å²) in [5, 5.41) is 19.8. The fourth-order valence-corrected chi connectivity index (χ4v) is 8.12. The molecule has 0 atom stereocenters. The van der Waals surface area contributed by atoms with E-state index >= 15 is 0 Å². The van der Waals surface area contributed by atoms with Gasteiger partial charge in [-0.15, -0.1) is 0 Å². The van der Waals surface area contributed by atoms with Crippen LogP contribution in [0, 0.1) is 0 Å². The quantitative estimate of drug-likeness (QED) is 0.0361. The lowest BCUT2D eigenvalue weighted by molar-refractivity contribution is -0.131. The average molecular weight is 1250 g/mol. The van der Waals surface area contributed by atoms with Gasteiger partial charge in [0, 0.05) is 107 Å². The molecule has 0 unspecified atom stereocenters. The second-order valence-electron chi connectivity index (χ2n) is 20.8. The summed E-state index contributed by atoms with van der Waals surface area (Å²) in [6, 6.07) is 19.2. The third-order valence-electron chi connectivity index (χ3n) is 13.0. The van der Waals surface area contributed by atoms with Crippen molar-refractivity contribution in [3.63, 3.8) is 0 Å². The second kappa shape index (κ2) is 44.7. The van der Waals surface area contributed by atoms with Gasteiger partial charge in [-0.25, -0.2) is 0 Å². The van der Waals surface area contributed by atoms with Crippen LogP contribution in [0.1, 0.15) is 141 Å². The maximum Gasteiger partial charge on any atom is 0.248 e. The van der Waals surface area contributed by atoms with Crippen LogP contribution >= 0.6 is 0 Å². The highest BCUT2D eigenvalue weighted by Crippen LogP contribution is 2.16. The van der Waals surface area contributed by atoms with Crippen LogP contribution in [0.5, 0.6) is 17.2 Å². The van der Waals surface area contributed by atoms with Gasteiger partial charge in [0.2, 0.25) is 59.1 Å². The first-order chi connectivity index (χ1) is 42.8. The lowest BCUT2D eigenvalue weighted by atomic mass is 10.0. The van der Waals surface area contributed by atoms with Crippen LogP contribution in [-0.2, 0) is 52.6 Å². The molecule has 0 bridgehead atoms. The lowest BCUT2D eigenvalue weighted by Gasteiger charge is -2.34. The van der Waals surface area contributed by atoms with E-state index in [1.807, 2.05) is 0 Å². The molecule has 0 heterocycles. The Hall–Kier alpha value is -8.69. The number of nitrogens with one attached hydrogen (secondary N) is 7. The van der Waals surface area contributed by atoms with E-state index in [0.717, 1.165) is 0 Å². The number of unbranched alkanes of at least 4 members (excludes halogenated alkanes) is 1. The van der Waals surface area contributed by atoms with Crippen LogP contribution in [0.4, 0.5) is 0 Å². The molecule has 0 saturated carbocycles.